The van der Waals surface area contributed by atoms with Crippen molar-refractivity contribution in [3.05, 3.63) is 58.6 Å². The zero-order valence-corrected chi connectivity index (χ0v) is 15.7. The summed E-state index contributed by atoms with van der Waals surface area (Å²) in [5.74, 6) is -0.253. The van der Waals surface area contributed by atoms with Crippen molar-refractivity contribution in [1.82, 2.24) is 21.2 Å². The number of carbonyl (C=O) groups excluding carboxylic acids is 1. The second kappa shape index (κ2) is 7.47. The van der Waals surface area contributed by atoms with Crippen LogP contribution in [0.2, 0.25) is 0 Å². The maximum atomic E-state index is 12.3. The molecule has 2 aromatic carbocycles. The summed E-state index contributed by atoms with van der Waals surface area (Å²) in [7, 11) is 0. The average Bonchev–Trinajstić information content (AvgIpc) is 2.97. The Bertz CT molecular complexity index is 1000. The van der Waals surface area contributed by atoms with Gasteiger partial charge in [0.15, 0.2) is 5.69 Å². The van der Waals surface area contributed by atoms with Gasteiger partial charge in [0.1, 0.15) is 6.04 Å². The van der Waals surface area contributed by atoms with E-state index in [1.165, 1.54) is 0 Å². The SMILES string of the molecule is O=C1NC(N=Nc2c(O)[nH]c3ccc(Br)cc23)NNC1Cc1ccccc1. The third-order valence-corrected chi connectivity index (χ3v) is 4.75. The minimum absolute atomic E-state index is 0.0797. The predicted octanol–water partition coefficient (Wildman–Crippen LogP) is 2.84. The number of aromatic hydroxyl groups is 1. The van der Waals surface area contributed by atoms with Gasteiger partial charge in [-0.3, -0.25) is 4.79 Å². The lowest BCUT2D eigenvalue weighted by atomic mass is 10.1. The van der Waals surface area contributed by atoms with Gasteiger partial charge in [0.25, 0.3) is 0 Å². The summed E-state index contributed by atoms with van der Waals surface area (Å²) in [5, 5.41) is 21.7. The number of H-pyrrole nitrogens is 1. The highest BCUT2D eigenvalue weighted by atomic mass is 79.9. The topological polar surface area (TPSA) is 114 Å². The van der Waals surface area contributed by atoms with Gasteiger partial charge in [0.2, 0.25) is 18.1 Å². The van der Waals surface area contributed by atoms with Gasteiger partial charge < -0.3 is 15.4 Å². The molecule has 1 saturated heterocycles. The Balaban J connectivity index is 1.45. The van der Waals surface area contributed by atoms with Crippen molar-refractivity contribution in [1.29, 1.82) is 0 Å². The number of rotatable bonds is 4. The van der Waals surface area contributed by atoms with E-state index in [2.05, 4.69) is 47.3 Å². The van der Waals surface area contributed by atoms with Gasteiger partial charge in [-0.1, -0.05) is 46.3 Å². The Morgan fingerprint density at radius 1 is 1.11 bits per heavy atom. The number of hydrazine groups is 1. The number of fused-ring (bicyclic) bond motifs is 1. The fraction of sp³-hybridized carbons (Fsp3) is 0.167. The average molecular weight is 429 g/mol. The molecule has 0 aliphatic carbocycles. The molecule has 8 nitrogen and oxygen atoms in total. The molecule has 2 atom stereocenters. The maximum Gasteiger partial charge on any atom is 0.241 e. The van der Waals surface area contributed by atoms with Crippen molar-refractivity contribution in [3.63, 3.8) is 0 Å². The van der Waals surface area contributed by atoms with Crippen LogP contribution in [0.4, 0.5) is 5.69 Å². The number of hydrogen-bond acceptors (Lipinski definition) is 6. The smallest absolute Gasteiger partial charge is 0.241 e. The molecule has 5 N–H and O–H groups in total. The van der Waals surface area contributed by atoms with E-state index in [9.17, 15) is 9.90 Å². The normalized spacial score (nSPS) is 20.3. The zero-order chi connectivity index (χ0) is 18.8. The fourth-order valence-electron chi connectivity index (χ4n) is 2.92. The number of hydrogen-bond donors (Lipinski definition) is 5. The lowest BCUT2D eigenvalue weighted by Crippen LogP contribution is -2.65. The first kappa shape index (κ1) is 17.7. The lowest BCUT2D eigenvalue weighted by Gasteiger charge is -2.28. The highest BCUT2D eigenvalue weighted by molar-refractivity contribution is 9.10. The van der Waals surface area contributed by atoms with Crippen molar-refractivity contribution in [2.45, 2.75) is 18.8 Å². The van der Waals surface area contributed by atoms with Gasteiger partial charge in [-0.2, -0.15) is 0 Å². The molecule has 0 radical (unpaired) electrons. The van der Waals surface area contributed by atoms with E-state index < -0.39 is 12.3 Å². The molecule has 138 valence electrons. The first-order valence-electron chi connectivity index (χ1n) is 8.36. The highest BCUT2D eigenvalue weighted by Gasteiger charge is 2.27. The number of benzene rings is 2. The quantitative estimate of drug-likeness (QED) is 0.411. The summed E-state index contributed by atoms with van der Waals surface area (Å²) in [5.41, 5.74) is 7.99. The Kier molecular flexibility index (Phi) is 4.88. The minimum atomic E-state index is -0.735. The monoisotopic (exact) mass is 428 g/mol. The van der Waals surface area contributed by atoms with E-state index in [0.717, 1.165) is 20.9 Å². The van der Waals surface area contributed by atoms with Gasteiger partial charge in [-0.25, -0.2) is 10.9 Å². The third kappa shape index (κ3) is 3.85. The van der Waals surface area contributed by atoms with Gasteiger partial charge in [0, 0.05) is 9.86 Å². The van der Waals surface area contributed by atoms with E-state index >= 15 is 0 Å². The van der Waals surface area contributed by atoms with Crippen LogP contribution in [0.5, 0.6) is 5.88 Å². The molecular weight excluding hydrogens is 412 g/mol. The van der Waals surface area contributed by atoms with Crippen LogP contribution in [0.25, 0.3) is 10.9 Å². The molecule has 3 aromatic rings. The standard InChI is InChI=1S/C18H17BrN6O2/c19-11-6-7-13-12(9-11)15(17(27)20-13)23-25-18-21-16(26)14(22-24-18)8-10-4-2-1-3-5-10/h1-7,9,14,18,20,22,24,27H,8H2,(H,21,26). The van der Waals surface area contributed by atoms with Crippen molar-refractivity contribution in [2.75, 3.05) is 0 Å². The van der Waals surface area contributed by atoms with Gasteiger partial charge >= 0.3 is 0 Å². The van der Waals surface area contributed by atoms with Gasteiger partial charge in [-0.05, 0) is 30.2 Å². The molecule has 9 heteroatoms. The van der Waals surface area contributed by atoms with Gasteiger partial charge in [0.05, 0.1) is 5.52 Å². The van der Waals surface area contributed by atoms with Crippen molar-refractivity contribution >= 4 is 38.4 Å². The second-order valence-electron chi connectivity index (χ2n) is 6.17. The molecule has 0 bridgehead atoms. The number of nitrogens with zero attached hydrogens (tertiary/aromatic N) is 2. The predicted molar refractivity (Wildman–Crippen MR) is 104 cm³/mol. The maximum absolute atomic E-state index is 12.3. The Morgan fingerprint density at radius 2 is 1.93 bits per heavy atom. The van der Waals surface area contributed by atoms with Crippen LogP contribution in [0.3, 0.4) is 0 Å². The van der Waals surface area contributed by atoms with Gasteiger partial charge in [-0.15, -0.1) is 10.2 Å². The van der Waals surface area contributed by atoms with E-state index in [4.69, 9.17) is 0 Å². The number of carbonyl (C=O) groups is 1. The number of nitrogens with one attached hydrogen (secondary N) is 4. The molecule has 1 amide bonds. The molecule has 0 spiro atoms. The number of azo groups is 1. The molecule has 1 fully saturated rings. The molecule has 1 aliphatic rings. The summed E-state index contributed by atoms with van der Waals surface area (Å²) in [6.45, 7) is 0. The van der Waals surface area contributed by atoms with Crippen LogP contribution in [0, 0.1) is 0 Å². The van der Waals surface area contributed by atoms with Crippen molar-refractivity contribution in [2.24, 2.45) is 10.2 Å². The van der Waals surface area contributed by atoms with Crippen molar-refractivity contribution in [3.8, 4) is 5.88 Å². The Hall–Kier alpha value is -2.75. The highest BCUT2D eigenvalue weighted by Crippen LogP contribution is 2.36. The zero-order valence-electron chi connectivity index (χ0n) is 14.1. The molecular formula is C18H17BrN6O2. The molecule has 2 heterocycles. The Morgan fingerprint density at radius 3 is 2.70 bits per heavy atom. The Labute approximate surface area is 163 Å². The molecule has 0 saturated carbocycles. The number of aromatic nitrogens is 1. The minimum Gasteiger partial charge on any atom is -0.493 e. The van der Waals surface area contributed by atoms with Crippen molar-refractivity contribution < 1.29 is 9.90 Å². The fourth-order valence-corrected chi connectivity index (χ4v) is 3.28. The second-order valence-corrected chi connectivity index (χ2v) is 7.09. The van der Waals surface area contributed by atoms with E-state index in [0.29, 0.717) is 12.1 Å². The first-order chi connectivity index (χ1) is 13.1. The van der Waals surface area contributed by atoms with Crippen LogP contribution in [-0.2, 0) is 11.2 Å². The first-order valence-corrected chi connectivity index (χ1v) is 9.16. The summed E-state index contributed by atoms with van der Waals surface area (Å²) < 4.78 is 0.861. The summed E-state index contributed by atoms with van der Waals surface area (Å²) in [4.78, 5) is 15.2. The molecule has 4 rings (SSSR count). The van der Waals surface area contributed by atoms with E-state index in [-0.39, 0.29) is 11.8 Å². The molecule has 2 unspecified atom stereocenters. The number of amides is 1. The third-order valence-electron chi connectivity index (χ3n) is 4.26. The summed E-state index contributed by atoms with van der Waals surface area (Å²) in [6, 6.07) is 14.9. The molecule has 1 aromatic heterocycles. The van der Waals surface area contributed by atoms with Crippen LogP contribution in [0.15, 0.2) is 63.2 Å². The largest absolute Gasteiger partial charge is 0.493 e. The number of halogens is 1. The van der Waals surface area contributed by atoms with Crippen LogP contribution >= 0.6 is 15.9 Å². The lowest BCUT2D eigenvalue weighted by molar-refractivity contribution is -0.126. The molecule has 1 aliphatic heterocycles. The summed E-state index contributed by atoms with van der Waals surface area (Å²) in [6.07, 6.45) is -0.179. The number of aromatic amines is 1. The van der Waals surface area contributed by atoms with E-state index in [1.807, 2.05) is 48.5 Å². The van der Waals surface area contributed by atoms with Crippen LogP contribution in [-0.4, -0.2) is 28.3 Å². The van der Waals surface area contributed by atoms with Crippen LogP contribution < -0.4 is 16.2 Å². The van der Waals surface area contributed by atoms with E-state index in [1.54, 1.807) is 0 Å². The van der Waals surface area contributed by atoms with Crippen LogP contribution in [0.1, 0.15) is 5.56 Å². The molecule has 27 heavy (non-hydrogen) atoms. The summed E-state index contributed by atoms with van der Waals surface area (Å²) >= 11 is 3.40.